The number of benzene rings is 1. The van der Waals surface area contributed by atoms with Crippen molar-refractivity contribution in [3.05, 3.63) is 28.8 Å². The van der Waals surface area contributed by atoms with Gasteiger partial charge in [0.2, 0.25) is 0 Å². The van der Waals surface area contributed by atoms with Gasteiger partial charge in [-0.25, -0.2) is 0 Å². The van der Waals surface area contributed by atoms with Crippen LogP contribution in [0, 0.1) is 0 Å². The van der Waals surface area contributed by atoms with Crippen molar-refractivity contribution in [3.63, 3.8) is 0 Å². The number of hydrogen-bond donors (Lipinski definition) is 2. The van der Waals surface area contributed by atoms with Crippen molar-refractivity contribution in [2.75, 3.05) is 20.1 Å². The van der Waals surface area contributed by atoms with Crippen molar-refractivity contribution in [3.8, 4) is 5.75 Å². The minimum Gasteiger partial charge on any atom is -0.508 e. The lowest BCUT2D eigenvalue weighted by Gasteiger charge is -2.24. The fourth-order valence-corrected chi connectivity index (χ4v) is 2.96. The molecule has 1 aliphatic carbocycles. The van der Waals surface area contributed by atoms with Crippen molar-refractivity contribution >= 4 is 11.6 Å². The number of hydrogen-bond acceptors (Lipinski definition) is 3. The summed E-state index contributed by atoms with van der Waals surface area (Å²) in [5.41, 5.74) is 0.785. The Kier molecular flexibility index (Phi) is 5.49. The number of rotatable bonds is 6. The quantitative estimate of drug-likeness (QED) is 0.788. The van der Waals surface area contributed by atoms with E-state index >= 15 is 0 Å². The monoisotopic (exact) mass is 282 g/mol. The third-order valence-electron chi connectivity index (χ3n) is 3.99. The van der Waals surface area contributed by atoms with Gasteiger partial charge in [-0.15, -0.1) is 0 Å². The molecule has 0 unspecified atom stereocenters. The first-order valence-electron chi connectivity index (χ1n) is 7.06. The number of nitrogens with zero attached hydrogens (tertiary/aromatic N) is 1. The Balaban J connectivity index is 1.71. The summed E-state index contributed by atoms with van der Waals surface area (Å²) in [6.07, 6.45) is 5.41. The zero-order valence-corrected chi connectivity index (χ0v) is 12.3. The smallest absolute Gasteiger partial charge is 0.121 e. The average molecular weight is 283 g/mol. The van der Waals surface area contributed by atoms with Crippen LogP contribution < -0.4 is 5.32 Å². The number of aromatic hydroxyl groups is 1. The Morgan fingerprint density at radius 1 is 1.37 bits per heavy atom. The van der Waals surface area contributed by atoms with Crippen LogP contribution in [0.25, 0.3) is 0 Å². The highest BCUT2D eigenvalue weighted by Crippen LogP contribution is 2.25. The van der Waals surface area contributed by atoms with Crippen LogP contribution >= 0.6 is 11.6 Å². The highest BCUT2D eigenvalue weighted by molar-refractivity contribution is 6.31. The predicted molar refractivity (Wildman–Crippen MR) is 79.7 cm³/mol. The van der Waals surface area contributed by atoms with Gasteiger partial charge in [0.25, 0.3) is 0 Å². The molecular formula is C15H23ClN2O. The first-order valence-corrected chi connectivity index (χ1v) is 7.43. The number of halogens is 1. The summed E-state index contributed by atoms with van der Waals surface area (Å²) in [4.78, 5) is 2.44. The highest BCUT2D eigenvalue weighted by atomic mass is 35.5. The number of phenols is 1. The van der Waals surface area contributed by atoms with Crippen molar-refractivity contribution in [1.82, 2.24) is 10.2 Å². The molecule has 1 fully saturated rings. The van der Waals surface area contributed by atoms with Crippen molar-refractivity contribution < 1.29 is 5.11 Å². The lowest BCUT2D eigenvalue weighted by Crippen LogP contribution is -2.35. The maximum Gasteiger partial charge on any atom is 0.121 e. The predicted octanol–water partition coefficient (Wildman–Crippen LogP) is 3.01. The van der Waals surface area contributed by atoms with Crippen LogP contribution in [0.2, 0.25) is 5.02 Å². The van der Waals surface area contributed by atoms with Crippen molar-refractivity contribution in [2.45, 2.75) is 38.3 Å². The second kappa shape index (κ2) is 7.13. The van der Waals surface area contributed by atoms with E-state index in [4.69, 9.17) is 11.6 Å². The summed E-state index contributed by atoms with van der Waals surface area (Å²) in [7, 11) is 2.20. The van der Waals surface area contributed by atoms with Crippen LogP contribution in [0.5, 0.6) is 5.75 Å². The van der Waals surface area contributed by atoms with Crippen LogP contribution in [-0.4, -0.2) is 36.2 Å². The molecule has 0 aliphatic heterocycles. The van der Waals surface area contributed by atoms with E-state index < -0.39 is 0 Å². The zero-order valence-electron chi connectivity index (χ0n) is 11.5. The van der Waals surface area contributed by atoms with Crippen LogP contribution in [0.3, 0.4) is 0 Å². The Morgan fingerprint density at radius 3 is 2.79 bits per heavy atom. The van der Waals surface area contributed by atoms with E-state index in [1.54, 1.807) is 12.1 Å². The molecule has 3 nitrogen and oxygen atoms in total. The molecule has 0 spiro atoms. The maximum atomic E-state index is 9.74. The van der Waals surface area contributed by atoms with Gasteiger partial charge in [-0.3, -0.25) is 0 Å². The van der Waals surface area contributed by atoms with Crippen LogP contribution in [0.4, 0.5) is 0 Å². The minimum absolute atomic E-state index is 0.268. The van der Waals surface area contributed by atoms with Gasteiger partial charge in [0.05, 0.1) is 0 Å². The average Bonchev–Trinajstić information content (AvgIpc) is 2.91. The zero-order chi connectivity index (χ0) is 13.7. The largest absolute Gasteiger partial charge is 0.508 e. The second-order valence-electron chi connectivity index (χ2n) is 5.33. The third kappa shape index (κ3) is 4.10. The van der Waals surface area contributed by atoms with Gasteiger partial charge in [0.15, 0.2) is 0 Å². The summed E-state index contributed by atoms with van der Waals surface area (Å²) in [5, 5.41) is 13.7. The molecule has 1 saturated carbocycles. The number of phenolic OH excluding ortho intramolecular Hbond substituents is 1. The summed E-state index contributed by atoms with van der Waals surface area (Å²) >= 11 is 6.06. The van der Waals surface area contributed by atoms with Gasteiger partial charge in [-0.2, -0.15) is 0 Å². The van der Waals surface area contributed by atoms with E-state index in [0.29, 0.717) is 11.6 Å². The molecule has 0 radical (unpaired) electrons. The Hall–Kier alpha value is -0.770. The van der Waals surface area contributed by atoms with Crippen LogP contribution in [0.1, 0.15) is 31.2 Å². The molecule has 0 heterocycles. The molecule has 0 aromatic heterocycles. The first kappa shape index (κ1) is 14.6. The standard InChI is InChI=1S/C15H23ClN2O/c1-18(12-5-2-3-6-12)10-9-17-11-13-14(16)7-4-8-15(13)19/h4,7-8,12,17,19H,2-3,5-6,9-11H2,1H3. The molecule has 106 valence electrons. The number of likely N-dealkylation sites (N-methyl/N-ethyl adjacent to an activating group) is 1. The van der Waals surface area contributed by atoms with Gasteiger partial charge in [-0.05, 0) is 32.0 Å². The maximum absolute atomic E-state index is 9.74. The van der Waals surface area contributed by atoms with Gasteiger partial charge < -0.3 is 15.3 Å². The highest BCUT2D eigenvalue weighted by Gasteiger charge is 2.18. The molecule has 2 N–H and O–H groups in total. The normalized spacial score (nSPS) is 16.4. The van der Waals surface area contributed by atoms with E-state index in [1.807, 2.05) is 6.07 Å². The Bertz CT molecular complexity index is 385. The van der Waals surface area contributed by atoms with E-state index in [0.717, 1.165) is 24.7 Å². The number of nitrogens with one attached hydrogen (secondary N) is 1. The fourth-order valence-electron chi connectivity index (χ4n) is 2.72. The molecule has 2 rings (SSSR count). The van der Waals surface area contributed by atoms with E-state index in [2.05, 4.69) is 17.3 Å². The molecule has 0 atom stereocenters. The SMILES string of the molecule is CN(CCNCc1c(O)cccc1Cl)C1CCCC1. The van der Waals surface area contributed by atoms with Crippen molar-refractivity contribution in [2.24, 2.45) is 0 Å². The second-order valence-corrected chi connectivity index (χ2v) is 5.74. The molecule has 0 bridgehead atoms. The van der Waals surface area contributed by atoms with Gasteiger partial charge in [0, 0.05) is 36.3 Å². The first-order chi connectivity index (χ1) is 9.18. The van der Waals surface area contributed by atoms with Crippen LogP contribution in [-0.2, 0) is 6.54 Å². The van der Waals surface area contributed by atoms with Crippen molar-refractivity contribution in [1.29, 1.82) is 0 Å². The van der Waals surface area contributed by atoms with Gasteiger partial charge >= 0.3 is 0 Å². The minimum atomic E-state index is 0.268. The van der Waals surface area contributed by atoms with Gasteiger partial charge in [0.1, 0.15) is 5.75 Å². The molecule has 0 amide bonds. The summed E-state index contributed by atoms with van der Waals surface area (Å²) < 4.78 is 0. The molecule has 1 aromatic carbocycles. The molecule has 1 aromatic rings. The summed E-state index contributed by atoms with van der Waals surface area (Å²) in [6.45, 7) is 2.57. The molecule has 19 heavy (non-hydrogen) atoms. The van der Waals surface area contributed by atoms with E-state index in [9.17, 15) is 5.11 Å². The lowest BCUT2D eigenvalue weighted by atomic mass is 10.2. The Morgan fingerprint density at radius 2 is 2.11 bits per heavy atom. The van der Waals surface area contributed by atoms with Gasteiger partial charge in [-0.1, -0.05) is 30.5 Å². The molecule has 4 heteroatoms. The molecular weight excluding hydrogens is 260 g/mol. The summed E-state index contributed by atoms with van der Waals surface area (Å²) in [6, 6.07) is 6.00. The lowest BCUT2D eigenvalue weighted by molar-refractivity contribution is 0.245. The van der Waals surface area contributed by atoms with E-state index in [1.165, 1.54) is 25.7 Å². The summed E-state index contributed by atoms with van der Waals surface area (Å²) in [5.74, 6) is 0.268. The Labute approximate surface area is 120 Å². The molecule has 0 saturated heterocycles. The fraction of sp³-hybridized carbons (Fsp3) is 0.600. The topological polar surface area (TPSA) is 35.5 Å². The third-order valence-corrected chi connectivity index (χ3v) is 4.34. The van der Waals surface area contributed by atoms with E-state index in [-0.39, 0.29) is 5.75 Å². The van der Waals surface area contributed by atoms with Crippen LogP contribution in [0.15, 0.2) is 18.2 Å². The molecule has 1 aliphatic rings.